The number of rotatable bonds is 2. The minimum atomic E-state index is -0.368. The van der Waals surface area contributed by atoms with Crippen LogP contribution in [0.5, 0.6) is 0 Å². The minimum Gasteiger partial charge on any atom is -0.283 e. The highest BCUT2D eigenvalue weighted by Crippen LogP contribution is 2.26. The van der Waals surface area contributed by atoms with Crippen LogP contribution in [0.4, 0.5) is 0 Å². The molecule has 26 heavy (non-hydrogen) atoms. The van der Waals surface area contributed by atoms with Gasteiger partial charge in [-0.25, -0.2) is 4.79 Å². The van der Waals surface area contributed by atoms with E-state index in [9.17, 15) is 9.59 Å². The predicted molar refractivity (Wildman–Crippen MR) is 102 cm³/mol. The first-order chi connectivity index (χ1) is 12.4. The average Bonchev–Trinajstić information content (AvgIpc) is 3.11. The Labute approximate surface area is 153 Å². The van der Waals surface area contributed by atoms with E-state index in [4.69, 9.17) is 11.6 Å². The standard InChI is InChI=1S/C18H18ClN5O2/c1-5-22-16(25)14-15(21(4)18(22)26)20-17-23(14)9-10(2)24(17)13-8-6-7-12(19)11(13)3/h6-9H,5H2,1-4H3. The van der Waals surface area contributed by atoms with Crippen LogP contribution in [0, 0.1) is 13.8 Å². The van der Waals surface area contributed by atoms with Crippen LogP contribution < -0.4 is 11.2 Å². The summed E-state index contributed by atoms with van der Waals surface area (Å²) in [4.78, 5) is 29.9. The molecular weight excluding hydrogens is 354 g/mol. The summed E-state index contributed by atoms with van der Waals surface area (Å²) in [6.07, 6.45) is 1.86. The van der Waals surface area contributed by atoms with E-state index in [1.807, 2.05) is 42.8 Å². The Balaban J connectivity index is 2.21. The lowest BCUT2D eigenvalue weighted by atomic mass is 10.2. The van der Waals surface area contributed by atoms with Gasteiger partial charge >= 0.3 is 5.69 Å². The molecule has 0 spiro atoms. The first kappa shape index (κ1) is 16.7. The van der Waals surface area contributed by atoms with E-state index in [1.54, 1.807) is 18.4 Å². The van der Waals surface area contributed by atoms with E-state index in [0.29, 0.717) is 28.5 Å². The number of hydrogen-bond donors (Lipinski definition) is 0. The third-order valence-electron chi connectivity index (χ3n) is 4.82. The highest BCUT2D eigenvalue weighted by molar-refractivity contribution is 6.31. The zero-order valence-electron chi connectivity index (χ0n) is 14.9. The van der Waals surface area contributed by atoms with Crippen molar-refractivity contribution in [3.05, 3.63) is 61.5 Å². The second kappa shape index (κ2) is 5.60. The fraction of sp³-hybridized carbons (Fsp3) is 0.278. The lowest BCUT2D eigenvalue weighted by Crippen LogP contribution is -2.38. The Bertz CT molecular complexity index is 1310. The van der Waals surface area contributed by atoms with Gasteiger partial charge in [-0.1, -0.05) is 17.7 Å². The van der Waals surface area contributed by atoms with Gasteiger partial charge < -0.3 is 0 Å². The van der Waals surface area contributed by atoms with Crippen LogP contribution in [0.1, 0.15) is 18.2 Å². The fourth-order valence-corrected chi connectivity index (χ4v) is 3.59. The van der Waals surface area contributed by atoms with Crippen molar-refractivity contribution in [3.8, 4) is 5.69 Å². The van der Waals surface area contributed by atoms with Crippen LogP contribution in [-0.4, -0.2) is 23.1 Å². The molecule has 0 saturated heterocycles. The number of imidazole rings is 2. The molecular formula is C18H18ClN5O2. The Kier molecular flexibility index (Phi) is 3.59. The summed E-state index contributed by atoms with van der Waals surface area (Å²) in [7, 11) is 1.63. The topological polar surface area (TPSA) is 66.2 Å². The Morgan fingerprint density at radius 3 is 2.62 bits per heavy atom. The van der Waals surface area contributed by atoms with Gasteiger partial charge in [-0.3, -0.25) is 22.9 Å². The van der Waals surface area contributed by atoms with Gasteiger partial charge in [0.1, 0.15) is 0 Å². The van der Waals surface area contributed by atoms with Crippen molar-refractivity contribution >= 4 is 28.5 Å². The molecule has 0 saturated carbocycles. The molecule has 7 nitrogen and oxygen atoms in total. The second-order valence-electron chi connectivity index (χ2n) is 6.33. The van der Waals surface area contributed by atoms with Crippen LogP contribution in [0.15, 0.2) is 34.0 Å². The zero-order chi connectivity index (χ0) is 18.7. The number of fused-ring (bicyclic) bond motifs is 3. The van der Waals surface area contributed by atoms with Gasteiger partial charge in [-0.05, 0) is 38.5 Å². The van der Waals surface area contributed by atoms with Gasteiger partial charge in [-0.15, -0.1) is 0 Å². The molecule has 0 aliphatic rings. The maximum atomic E-state index is 12.8. The van der Waals surface area contributed by atoms with Crippen molar-refractivity contribution in [3.63, 3.8) is 0 Å². The van der Waals surface area contributed by atoms with Crippen molar-refractivity contribution in [1.29, 1.82) is 0 Å². The van der Waals surface area contributed by atoms with E-state index in [-0.39, 0.29) is 11.2 Å². The van der Waals surface area contributed by atoms with E-state index in [1.165, 1.54) is 9.13 Å². The number of halogens is 1. The van der Waals surface area contributed by atoms with Crippen LogP contribution in [-0.2, 0) is 13.6 Å². The quantitative estimate of drug-likeness (QED) is 0.543. The van der Waals surface area contributed by atoms with E-state index in [0.717, 1.165) is 16.9 Å². The van der Waals surface area contributed by atoms with Crippen molar-refractivity contribution in [2.45, 2.75) is 27.3 Å². The third-order valence-corrected chi connectivity index (χ3v) is 5.23. The molecule has 0 fully saturated rings. The molecule has 0 aliphatic heterocycles. The van der Waals surface area contributed by atoms with E-state index < -0.39 is 0 Å². The van der Waals surface area contributed by atoms with Gasteiger partial charge in [0, 0.05) is 30.5 Å². The minimum absolute atomic E-state index is 0.307. The molecule has 0 radical (unpaired) electrons. The van der Waals surface area contributed by atoms with Crippen LogP contribution >= 0.6 is 11.6 Å². The molecule has 8 heteroatoms. The largest absolute Gasteiger partial charge is 0.332 e. The van der Waals surface area contributed by atoms with E-state index >= 15 is 0 Å². The summed E-state index contributed by atoms with van der Waals surface area (Å²) >= 11 is 6.28. The first-order valence-electron chi connectivity index (χ1n) is 8.32. The summed E-state index contributed by atoms with van der Waals surface area (Å²) in [6, 6.07) is 5.67. The molecule has 4 aromatic rings. The Morgan fingerprint density at radius 1 is 1.19 bits per heavy atom. The molecule has 0 aliphatic carbocycles. The first-order valence-corrected chi connectivity index (χ1v) is 8.70. The second-order valence-corrected chi connectivity index (χ2v) is 6.74. The van der Waals surface area contributed by atoms with Crippen molar-refractivity contribution in [2.24, 2.45) is 7.05 Å². The zero-order valence-corrected chi connectivity index (χ0v) is 15.7. The Morgan fingerprint density at radius 2 is 1.92 bits per heavy atom. The molecule has 0 atom stereocenters. The normalized spacial score (nSPS) is 11.7. The van der Waals surface area contributed by atoms with Gasteiger partial charge in [0.05, 0.1) is 5.69 Å². The number of aryl methyl sites for hydroxylation is 2. The van der Waals surface area contributed by atoms with Gasteiger partial charge in [0.15, 0.2) is 11.2 Å². The molecule has 3 heterocycles. The average molecular weight is 372 g/mol. The number of aromatic nitrogens is 5. The lowest BCUT2D eigenvalue weighted by molar-refractivity contribution is 0.637. The number of benzene rings is 1. The molecule has 4 rings (SSSR count). The lowest BCUT2D eigenvalue weighted by Gasteiger charge is -2.10. The molecule has 0 unspecified atom stereocenters. The SMILES string of the molecule is CCn1c(=O)c2c(nc3n(-c4cccc(Cl)c4C)c(C)cn23)n(C)c1=O. The molecule has 0 N–H and O–H groups in total. The number of hydrogen-bond acceptors (Lipinski definition) is 3. The summed E-state index contributed by atoms with van der Waals surface area (Å²) in [5, 5.41) is 0.658. The van der Waals surface area contributed by atoms with Crippen molar-refractivity contribution < 1.29 is 0 Å². The van der Waals surface area contributed by atoms with Crippen LogP contribution in [0.3, 0.4) is 0 Å². The molecule has 1 aromatic carbocycles. The van der Waals surface area contributed by atoms with Crippen molar-refractivity contribution in [1.82, 2.24) is 23.1 Å². The molecule has 3 aromatic heterocycles. The van der Waals surface area contributed by atoms with Gasteiger partial charge in [0.25, 0.3) is 5.56 Å². The fourth-order valence-electron chi connectivity index (χ4n) is 3.43. The van der Waals surface area contributed by atoms with Gasteiger partial charge in [0.2, 0.25) is 5.78 Å². The molecule has 0 bridgehead atoms. The third kappa shape index (κ3) is 2.03. The summed E-state index contributed by atoms with van der Waals surface area (Å²) in [5.74, 6) is 0.573. The monoisotopic (exact) mass is 371 g/mol. The maximum Gasteiger partial charge on any atom is 0.332 e. The van der Waals surface area contributed by atoms with Gasteiger partial charge in [-0.2, -0.15) is 4.98 Å². The number of nitrogens with zero attached hydrogens (tertiary/aromatic N) is 5. The molecule has 134 valence electrons. The summed E-state index contributed by atoms with van der Waals surface area (Å²) in [6.45, 7) is 5.97. The van der Waals surface area contributed by atoms with Crippen LogP contribution in [0.25, 0.3) is 22.6 Å². The highest BCUT2D eigenvalue weighted by atomic mass is 35.5. The van der Waals surface area contributed by atoms with Crippen LogP contribution in [0.2, 0.25) is 5.02 Å². The maximum absolute atomic E-state index is 12.8. The van der Waals surface area contributed by atoms with Crippen molar-refractivity contribution in [2.75, 3.05) is 0 Å². The summed E-state index contributed by atoms with van der Waals surface area (Å²) in [5.41, 5.74) is 2.78. The summed E-state index contributed by atoms with van der Waals surface area (Å²) < 4.78 is 6.33. The Hall–Kier alpha value is -2.80. The molecule has 0 amide bonds. The van der Waals surface area contributed by atoms with E-state index in [2.05, 4.69) is 4.98 Å². The smallest absolute Gasteiger partial charge is 0.283 e. The highest BCUT2D eigenvalue weighted by Gasteiger charge is 2.21. The predicted octanol–water partition coefficient (Wildman–Crippen LogP) is 2.43.